The molecule has 2 rings (SSSR count). The van der Waals surface area contributed by atoms with Gasteiger partial charge in [0.25, 0.3) is 0 Å². The second-order valence-electron chi connectivity index (χ2n) is 9.60. The van der Waals surface area contributed by atoms with Crippen molar-refractivity contribution in [1.82, 2.24) is 0 Å². The number of para-hydroxylation sites is 1. The second kappa shape index (κ2) is 14.9. The number of hydrogen-bond acceptors (Lipinski definition) is 3. The summed E-state index contributed by atoms with van der Waals surface area (Å²) in [7, 11) is 0. The number of unbranched alkanes of at least 4 members (excludes halogenated alkanes) is 11. The van der Waals surface area contributed by atoms with Crippen molar-refractivity contribution in [2.75, 3.05) is 4.90 Å². The summed E-state index contributed by atoms with van der Waals surface area (Å²) in [6.07, 6.45) is 21.5. The van der Waals surface area contributed by atoms with Crippen molar-refractivity contribution in [3.05, 3.63) is 29.8 Å². The van der Waals surface area contributed by atoms with Crippen molar-refractivity contribution in [1.29, 1.82) is 0 Å². The molecule has 1 aliphatic heterocycles. The van der Waals surface area contributed by atoms with Gasteiger partial charge in [-0.3, -0.25) is 9.59 Å². The maximum absolute atomic E-state index is 12.1. The van der Waals surface area contributed by atoms with Gasteiger partial charge >= 0.3 is 0 Å². The number of phenols is 1. The molecule has 0 spiro atoms. The number of allylic oxidation sites excluding steroid dienone is 1. The van der Waals surface area contributed by atoms with Gasteiger partial charge in [-0.15, -0.1) is 0 Å². The molecule has 4 heteroatoms. The maximum atomic E-state index is 12.1. The second-order valence-corrected chi connectivity index (χ2v) is 9.60. The molecule has 1 fully saturated rings. The summed E-state index contributed by atoms with van der Waals surface area (Å²) < 4.78 is 0. The zero-order valence-corrected chi connectivity index (χ0v) is 20.3. The molecule has 0 unspecified atom stereocenters. The van der Waals surface area contributed by atoms with Crippen LogP contribution in [-0.2, 0) is 9.59 Å². The zero-order chi connectivity index (χ0) is 23.2. The largest absolute Gasteiger partial charge is 0.506 e. The molecule has 1 aromatic rings. The molecule has 0 bridgehead atoms. The van der Waals surface area contributed by atoms with E-state index in [9.17, 15) is 14.7 Å². The Bertz CT molecular complexity index is 722. The first-order valence-electron chi connectivity index (χ1n) is 12.8. The fourth-order valence-electron chi connectivity index (χ4n) is 4.37. The van der Waals surface area contributed by atoms with Gasteiger partial charge in [0.1, 0.15) is 11.4 Å². The van der Waals surface area contributed by atoms with Crippen molar-refractivity contribution >= 4 is 23.6 Å². The summed E-state index contributed by atoms with van der Waals surface area (Å²) in [4.78, 5) is 25.3. The van der Waals surface area contributed by atoms with Crippen LogP contribution in [0.15, 0.2) is 24.3 Å². The van der Waals surface area contributed by atoms with E-state index < -0.39 is 0 Å². The molecule has 0 radical (unpaired) electrons. The van der Waals surface area contributed by atoms with Crippen LogP contribution in [0.4, 0.5) is 5.69 Å². The molecule has 1 heterocycles. The first-order chi connectivity index (χ1) is 15.5. The van der Waals surface area contributed by atoms with Gasteiger partial charge in [-0.05, 0) is 24.8 Å². The van der Waals surface area contributed by atoms with Crippen molar-refractivity contribution in [3.8, 4) is 5.75 Å². The zero-order valence-electron chi connectivity index (χ0n) is 20.3. The highest BCUT2D eigenvalue weighted by Crippen LogP contribution is 2.35. The van der Waals surface area contributed by atoms with Crippen LogP contribution in [0, 0.1) is 5.92 Å². The molecule has 1 aromatic carbocycles. The highest BCUT2D eigenvalue weighted by atomic mass is 16.3. The lowest BCUT2D eigenvalue weighted by molar-refractivity contribution is -0.121. The summed E-state index contributed by atoms with van der Waals surface area (Å²) in [5.74, 6) is 0.349. The highest BCUT2D eigenvalue weighted by Gasteiger charge is 2.33. The van der Waals surface area contributed by atoms with E-state index in [1.54, 1.807) is 6.07 Å². The number of aromatic hydroxyl groups is 1. The van der Waals surface area contributed by atoms with Gasteiger partial charge in [-0.25, -0.2) is 4.90 Å². The smallest absolute Gasteiger partial charge is 0.234 e. The number of imide groups is 1. The van der Waals surface area contributed by atoms with Gasteiger partial charge in [0.15, 0.2) is 0 Å². The number of anilines is 1. The summed E-state index contributed by atoms with van der Waals surface area (Å²) >= 11 is 0. The highest BCUT2D eigenvalue weighted by molar-refractivity contribution is 6.21. The lowest BCUT2D eigenvalue weighted by Crippen LogP contribution is -2.29. The van der Waals surface area contributed by atoms with E-state index in [1.165, 1.54) is 76.7 Å². The molecule has 0 aliphatic carbocycles. The number of phenolic OH excluding ortho intramolecular Hbond substituents is 1. The Kier molecular flexibility index (Phi) is 12.2. The fraction of sp³-hybridized carbons (Fsp3) is 0.643. The Labute approximate surface area is 195 Å². The van der Waals surface area contributed by atoms with Gasteiger partial charge in [0, 0.05) is 18.4 Å². The van der Waals surface area contributed by atoms with Gasteiger partial charge in [0.2, 0.25) is 11.8 Å². The molecular weight excluding hydrogens is 398 g/mol. The number of hydrogen-bond donors (Lipinski definition) is 1. The molecule has 1 N–H and O–H groups in total. The molecule has 1 aliphatic rings. The summed E-state index contributed by atoms with van der Waals surface area (Å²) in [5, 5.41) is 10.2. The molecule has 32 heavy (non-hydrogen) atoms. The van der Waals surface area contributed by atoms with Crippen molar-refractivity contribution in [2.24, 2.45) is 5.92 Å². The number of nitrogens with zero attached hydrogens (tertiary/aromatic N) is 1. The Morgan fingerprint density at radius 1 is 0.844 bits per heavy atom. The van der Waals surface area contributed by atoms with Crippen LogP contribution in [-0.4, -0.2) is 16.9 Å². The first-order valence-corrected chi connectivity index (χ1v) is 12.8. The lowest BCUT2D eigenvalue weighted by Gasteiger charge is -2.18. The quantitative estimate of drug-likeness (QED) is 0.210. The minimum Gasteiger partial charge on any atom is -0.506 e. The van der Waals surface area contributed by atoms with Crippen LogP contribution in [0.2, 0.25) is 0 Å². The third kappa shape index (κ3) is 9.18. The van der Waals surface area contributed by atoms with Gasteiger partial charge in [0.05, 0.1) is 0 Å². The molecule has 4 nitrogen and oxygen atoms in total. The Hall–Kier alpha value is -2.10. The Morgan fingerprint density at radius 2 is 1.38 bits per heavy atom. The molecular formula is C28H43NO3. The average molecular weight is 442 g/mol. The molecule has 1 saturated heterocycles. The lowest BCUT2D eigenvalue weighted by atomic mass is 10.0. The third-order valence-electron chi connectivity index (χ3n) is 6.27. The predicted molar refractivity (Wildman–Crippen MR) is 134 cm³/mol. The number of amides is 2. The minimum atomic E-state index is -0.239. The SMILES string of the molecule is CC(C)CCCCCCCCCCCCCC=Cc1cccc(O)c1N1C(=O)CCC1=O. The van der Waals surface area contributed by atoms with Crippen molar-refractivity contribution in [2.45, 2.75) is 110 Å². The van der Waals surface area contributed by atoms with E-state index in [2.05, 4.69) is 19.9 Å². The number of benzene rings is 1. The van der Waals surface area contributed by atoms with Crippen LogP contribution in [0.3, 0.4) is 0 Å². The molecule has 2 amide bonds. The summed E-state index contributed by atoms with van der Waals surface area (Å²) in [6, 6.07) is 5.11. The normalized spacial score (nSPS) is 14.4. The average Bonchev–Trinajstić information content (AvgIpc) is 3.08. The molecule has 0 aromatic heterocycles. The Morgan fingerprint density at radius 3 is 1.94 bits per heavy atom. The number of carbonyl (C=O) groups is 2. The van der Waals surface area contributed by atoms with E-state index >= 15 is 0 Å². The van der Waals surface area contributed by atoms with Gasteiger partial charge in [-0.1, -0.05) is 109 Å². The maximum Gasteiger partial charge on any atom is 0.234 e. The molecule has 0 saturated carbocycles. The topological polar surface area (TPSA) is 57.6 Å². The van der Waals surface area contributed by atoms with Crippen LogP contribution in [0.5, 0.6) is 5.75 Å². The summed E-state index contributed by atoms with van der Waals surface area (Å²) in [5.41, 5.74) is 1.05. The van der Waals surface area contributed by atoms with E-state index in [0.717, 1.165) is 29.2 Å². The van der Waals surface area contributed by atoms with Crippen molar-refractivity contribution < 1.29 is 14.7 Å². The Balaban J connectivity index is 1.57. The standard InChI is InChI=1S/C28H43NO3/c1-23(2)17-14-12-10-8-6-4-3-5-7-9-11-13-15-18-24-19-16-20-25(30)28(24)29-26(31)21-22-27(29)32/h15-16,18-20,23,30H,3-14,17,21-22H2,1-2H3. The summed E-state index contributed by atoms with van der Waals surface area (Å²) in [6.45, 7) is 4.62. The monoisotopic (exact) mass is 441 g/mol. The van der Waals surface area contributed by atoms with Gasteiger partial charge < -0.3 is 5.11 Å². The van der Waals surface area contributed by atoms with Crippen molar-refractivity contribution in [3.63, 3.8) is 0 Å². The van der Waals surface area contributed by atoms with E-state index in [4.69, 9.17) is 0 Å². The van der Waals surface area contributed by atoms with E-state index in [0.29, 0.717) is 5.69 Å². The van der Waals surface area contributed by atoms with Crippen LogP contribution in [0.1, 0.15) is 116 Å². The van der Waals surface area contributed by atoms with Crippen LogP contribution < -0.4 is 4.90 Å². The fourth-order valence-corrected chi connectivity index (χ4v) is 4.37. The van der Waals surface area contributed by atoms with Crippen LogP contribution in [0.25, 0.3) is 6.08 Å². The minimum absolute atomic E-state index is 0.0219. The first kappa shape index (κ1) is 26.2. The third-order valence-corrected chi connectivity index (χ3v) is 6.27. The van der Waals surface area contributed by atoms with Crippen LogP contribution >= 0.6 is 0 Å². The molecule has 178 valence electrons. The number of carbonyl (C=O) groups excluding carboxylic acids is 2. The van der Waals surface area contributed by atoms with E-state index in [-0.39, 0.29) is 30.4 Å². The van der Waals surface area contributed by atoms with Gasteiger partial charge in [-0.2, -0.15) is 0 Å². The predicted octanol–water partition coefficient (Wildman–Crippen LogP) is 7.79. The number of rotatable bonds is 16. The molecule has 0 atom stereocenters. The van der Waals surface area contributed by atoms with E-state index in [1.807, 2.05) is 12.1 Å².